The second kappa shape index (κ2) is 7.61. The van der Waals surface area contributed by atoms with Crippen LogP contribution in [0.1, 0.15) is 6.92 Å². The molecule has 1 aromatic heterocycles. The van der Waals surface area contributed by atoms with Crippen molar-refractivity contribution in [1.82, 2.24) is 9.78 Å². The molecule has 0 amide bonds. The van der Waals surface area contributed by atoms with E-state index in [1.165, 1.54) is 6.04 Å². The van der Waals surface area contributed by atoms with Gasteiger partial charge in [-0.15, -0.1) is 0 Å². The molecule has 1 atom stereocenters. The van der Waals surface area contributed by atoms with Gasteiger partial charge in [0, 0.05) is 25.4 Å². The van der Waals surface area contributed by atoms with Gasteiger partial charge in [0.25, 0.3) is 0 Å². The van der Waals surface area contributed by atoms with Crippen molar-refractivity contribution in [1.29, 1.82) is 0 Å². The van der Waals surface area contributed by atoms with E-state index < -0.39 is 8.07 Å². The van der Waals surface area contributed by atoms with Gasteiger partial charge in [0.05, 0.1) is 11.7 Å². The summed E-state index contributed by atoms with van der Waals surface area (Å²) in [4.78, 5) is 0. The van der Waals surface area contributed by atoms with Gasteiger partial charge < -0.3 is 9.47 Å². The van der Waals surface area contributed by atoms with Gasteiger partial charge in [-0.1, -0.05) is 35.6 Å². The maximum absolute atomic E-state index is 5.81. The number of aromatic nitrogens is 2. The summed E-state index contributed by atoms with van der Waals surface area (Å²) in [5, 5.41) is 6.30. The van der Waals surface area contributed by atoms with E-state index in [9.17, 15) is 0 Å². The Morgan fingerprint density at radius 1 is 1.32 bits per heavy atom. The van der Waals surface area contributed by atoms with Crippen molar-refractivity contribution in [2.24, 2.45) is 0 Å². The molecule has 0 spiro atoms. The molecule has 0 bridgehead atoms. The molecule has 6 heteroatoms. The Labute approximate surface area is 141 Å². The molecule has 4 nitrogen and oxygen atoms in total. The highest BCUT2D eigenvalue weighted by Gasteiger charge is 2.12. The zero-order valence-corrected chi connectivity index (χ0v) is 16.4. The largest absolute Gasteiger partial charge is 0.490 e. The number of nitrogens with zero attached hydrogens (tertiary/aromatic N) is 2. The van der Waals surface area contributed by atoms with Gasteiger partial charge in [-0.3, -0.25) is 0 Å². The highest BCUT2D eigenvalue weighted by atomic mass is 79.9. The van der Waals surface area contributed by atoms with Crippen molar-refractivity contribution in [2.75, 3.05) is 11.9 Å². The molecule has 0 radical (unpaired) electrons. The normalized spacial score (nSPS) is 13.5. The Hall–Kier alpha value is -0.853. The fraction of sp³-hybridized carbons (Fsp3) is 0.562. The van der Waals surface area contributed by atoms with Gasteiger partial charge >= 0.3 is 0 Å². The van der Waals surface area contributed by atoms with E-state index in [-0.39, 0.29) is 6.10 Å². The average molecular weight is 385 g/mol. The van der Waals surface area contributed by atoms with Crippen molar-refractivity contribution in [3.8, 4) is 5.75 Å². The molecule has 0 saturated heterocycles. The molecule has 2 rings (SSSR count). The lowest BCUT2D eigenvalue weighted by atomic mass is 10.2. The lowest BCUT2D eigenvalue weighted by Crippen LogP contribution is -2.22. The first-order valence-corrected chi connectivity index (χ1v) is 12.5. The Bertz CT molecular complexity index is 610. The van der Waals surface area contributed by atoms with Crippen LogP contribution >= 0.6 is 15.9 Å². The van der Waals surface area contributed by atoms with Gasteiger partial charge in [-0.25, -0.2) is 4.68 Å². The quantitative estimate of drug-likeness (QED) is 0.381. The summed E-state index contributed by atoms with van der Waals surface area (Å²) < 4.78 is 13.5. The molecule has 1 heterocycles. The number of hydrogen-bond acceptors (Lipinski definition) is 3. The molecule has 0 aliphatic rings. The molecular formula is C16H25BrN2O2Si. The number of benzene rings is 1. The standard InChI is InChI=1S/C16H25BrN2O2Si/c1-13(10-17)21-15-5-6-16-14(9-15)11-18-19(16)12-20-7-8-22(2,3)4/h5-6,9,11,13H,7-8,10,12H2,1-4H3. The smallest absolute Gasteiger partial charge is 0.139 e. The van der Waals surface area contributed by atoms with Crippen LogP contribution in [0.15, 0.2) is 24.4 Å². The van der Waals surface area contributed by atoms with Gasteiger partial charge in [-0.05, 0) is 31.2 Å². The summed E-state index contributed by atoms with van der Waals surface area (Å²) in [5.74, 6) is 0.874. The Balaban J connectivity index is 1.98. The zero-order valence-electron chi connectivity index (χ0n) is 13.8. The SMILES string of the molecule is CC(CBr)Oc1ccc2c(cnn2COCC[Si](C)(C)C)c1. The first-order chi connectivity index (χ1) is 10.4. The fourth-order valence-corrected chi connectivity index (χ4v) is 2.92. The minimum absolute atomic E-state index is 0.150. The van der Waals surface area contributed by atoms with Crippen LogP contribution in [0, 0.1) is 0 Å². The second-order valence-electron chi connectivity index (χ2n) is 6.80. The Morgan fingerprint density at radius 3 is 2.77 bits per heavy atom. The first-order valence-electron chi connectivity index (χ1n) is 7.65. The molecule has 0 aliphatic heterocycles. The fourth-order valence-electron chi connectivity index (χ4n) is 2.03. The summed E-state index contributed by atoms with van der Waals surface area (Å²) in [6.07, 6.45) is 2.01. The minimum Gasteiger partial charge on any atom is -0.490 e. The molecule has 22 heavy (non-hydrogen) atoms. The Morgan fingerprint density at radius 2 is 2.09 bits per heavy atom. The summed E-state index contributed by atoms with van der Waals surface area (Å²) >= 11 is 3.42. The maximum atomic E-state index is 5.81. The molecule has 0 aliphatic carbocycles. The summed E-state index contributed by atoms with van der Waals surface area (Å²) in [7, 11) is -1.03. The van der Waals surface area contributed by atoms with Crippen LogP contribution in [-0.4, -0.2) is 35.9 Å². The van der Waals surface area contributed by atoms with Crippen LogP contribution in [0.3, 0.4) is 0 Å². The second-order valence-corrected chi connectivity index (χ2v) is 13.1. The molecule has 0 fully saturated rings. The monoisotopic (exact) mass is 384 g/mol. The van der Waals surface area contributed by atoms with E-state index in [1.807, 2.05) is 36.0 Å². The van der Waals surface area contributed by atoms with Crippen LogP contribution in [0.5, 0.6) is 5.75 Å². The number of ether oxygens (including phenoxy) is 2. The number of rotatable bonds is 8. The maximum Gasteiger partial charge on any atom is 0.139 e. The topological polar surface area (TPSA) is 36.3 Å². The highest BCUT2D eigenvalue weighted by Crippen LogP contribution is 2.22. The van der Waals surface area contributed by atoms with Gasteiger partial charge in [0.2, 0.25) is 0 Å². The summed E-state index contributed by atoms with van der Waals surface area (Å²) in [5.41, 5.74) is 1.08. The van der Waals surface area contributed by atoms with Crippen LogP contribution < -0.4 is 4.74 Å². The van der Waals surface area contributed by atoms with Crippen molar-refractivity contribution in [3.05, 3.63) is 24.4 Å². The van der Waals surface area contributed by atoms with E-state index in [4.69, 9.17) is 9.47 Å². The first kappa shape index (κ1) is 17.5. The third-order valence-electron chi connectivity index (χ3n) is 3.38. The molecule has 2 aromatic rings. The minimum atomic E-state index is -1.03. The molecular weight excluding hydrogens is 360 g/mol. The van der Waals surface area contributed by atoms with Crippen LogP contribution in [0.4, 0.5) is 0 Å². The summed E-state index contributed by atoms with van der Waals surface area (Å²) in [6.45, 7) is 10.4. The predicted octanol–water partition coefficient (Wildman–Crippen LogP) is 4.51. The lowest BCUT2D eigenvalue weighted by molar-refractivity contribution is 0.0817. The third kappa shape index (κ3) is 5.10. The zero-order chi connectivity index (χ0) is 16.2. The number of hydrogen-bond donors (Lipinski definition) is 0. The molecule has 0 N–H and O–H groups in total. The average Bonchev–Trinajstić information content (AvgIpc) is 2.85. The lowest BCUT2D eigenvalue weighted by Gasteiger charge is -2.15. The van der Waals surface area contributed by atoms with Gasteiger partial charge in [0.15, 0.2) is 0 Å². The predicted molar refractivity (Wildman–Crippen MR) is 97.7 cm³/mol. The van der Waals surface area contributed by atoms with Crippen LogP contribution in [-0.2, 0) is 11.5 Å². The van der Waals surface area contributed by atoms with E-state index in [0.717, 1.165) is 28.6 Å². The van der Waals surface area contributed by atoms with Crippen molar-refractivity contribution < 1.29 is 9.47 Å². The van der Waals surface area contributed by atoms with Gasteiger partial charge in [-0.2, -0.15) is 5.10 Å². The van der Waals surface area contributed by atoms with Crippen molar-refractivity contribution >= 4 is 34.9 Å². The van der Waals surface area contributed by atoms with E-state index >= 15 is 0 Å². The van der Waals surface area contributed by atoms with E-state index in [2.05, 4.69) is 40.7 Å². The van der Waals surface area contributed by atoms with Crippen LogP contribution in [0.25, 0.3) is 10.9 Å². The van der Waals surface area contributed by atoms with Gasteiger partial charge in [0.1, 0.15) is 18.6 Å². The highest BCUT2D eigenvalue weighted by molar-refractivity contribution is 9.09. The van der Waals surface area contributed by atoms with E-state index in [1.54, 1.807) is 0 Å². The Kier molecular flexibility index (Phi) is 6.06. The van der Waals surface area contributed by atoms with Crippen LogP contribution in [0.2, 0.25) is 25.7 Å². The number of fused-ring (bicyclic) bond motifs is 1. The van der Waals surface area contributed by atoms with Crippen molar-refractivity contribution in [2.45, 2.75) is 45.4 Å². The molecule has 1 aromatic carbocycles. The number of alkyl halides is 1. The number of halogens is 1. The van der Waals surface area contributed by atoms with Crippen molar-refractivity contribution in [3.63, 3.8) is 0 Å². The molecule has 1 unspecified atom stereocenters. The summed E-state index contributed by atoms with van der Waals surface area (Å²) in [6, 6.07) is 7.23. The molecule has 0 saturated carbocycles. The molecule has 122 valence electrons. The third-order valence-corrected chi connectivity index (χ3v) is 5.99. The van der Waals surface area contributed by atoms with E-state index in [0.29, 0.717) is 6.73 Å².